The highest BCUT2D eigenvalue weighted by atomic mass is 32.2. The first-order valence-corrected chi connectivity index (χ1v) is 11.2. The van der Waals surface area contributed by atoms with Gasteiger partial charge in [0, 0.05) is 48.0 Å². The van der Waals surface area contributed by atoms with Gasteiger partial charge in [-0.2, -0.15) is 0 Å². The molecule has 0 bridgehead atoms. The molecule has 2 aromatic carbocycles. The maximum atomic E-state index is 12.6. The summed E-state index contributed by atoms with van der Waals surface area (Å²) in [6, 6.07) is 13.8. The van der Waals surface area contributed by atoms with Crippen LogP contribution >= 0.6 is 11.8 Å². The van der Waals surface area contributed by atoms with Crippen LogP contribution in [0, 0.1) is 0 Å². The maximum absolute atomic E-state index is 12.6. The van der Waals surface area contributed by atoms with Crippen LogP contribution < -0.4 is 16.0 Å². The average Bonchev–Trinajstić information content (AvgIpc) is 3.51. The SMILES string of the molecule is Cn1ccnc1SCC(=O)Nc1ccc(C(=O)Nc2cccc(C(=O)NC3CC3)c2)cc1. The number of aryl methyl sites for hydroxylation is 1. The number of rotatable bonds is 8. The summed E-state index contributed by atoms with van der Waals surface area (Å²) in [5.74, 6) is -0.355. The maximum Gasteiger partial charge on any atom is 0.255 e. The van der Waals surface area contributed by atoms with Gasteiger partial charge in [-0.25, -0.2) is 4.98 Å². The number of carbonyl (C=O) groups is 3. The van der Waals surface area contributed by atoms with E-state index in [1.165, 1.54) is 11.8 Å². The van der Waals surface area contributed by atoms with Crippen molar-refractivity contribution >= 4 is 40.9 Å². The van der Waals surface area contributed by atoms with Gasteiger partial charge in [0.15, 0.2) is 5.16 Å². The predicted molar refractivity (Wildman–Crippen MR) is 124 cm³/mol. The van der Waals surface area contributed by atoms with Crippen molar-refractivity contribution in [3.05, 3.63) is 72.1 Å². The number of imidazole rings is 1. The Labute approximate surface area is 189 Å². The van der Waals surface area contributed by atoms with Gasteiger partial charge in [-0.05, 0) is 55.3 Å². The van der Waals surface area contributed by atoms with Gasteiger partial charge in [-0.15, -0.1) is 0 Å². The van der Waals surface area contributed by atoms with Crippen LogP contribution in [0.15, 0.2) is 66.1 Å². The number of thioether (sulfide) groups is 1. The zero-order valence-corrected chi connectivity index (χ0v) is 18.3. The molecule has 0 aliphatic heterocycles. The summed E-state index contributed by atoms with van der Waals surface area (Å²) >= 11 is 1.35. The van der Waals surface area contributed by atoms with Gasteiger partial charge in [0.25, 0.3) is 11.8 Å². The zero-order chi connectivity index (χ0) is 22.5. The summed E-state index contributed by atoms with van der Waals surface area (Å²) in [6.45, 7) is 0. The van der Waals surface area contributed by atoms with Gasteiger partial charge in [0.2, 0.25) is 5.91 Å². The van der Waals surface area contributed by atoms with E-state index in [0.29, 0.717) is 22.5 Å². The van der Waals surface area contributed by atoms with Crippen LogP contribution in [0.2, 0.25) is 0 Å². The van der Waals surface area contributed by atoms with Gasteiger partial charge in [-0.1, -0.05) is 17.8 Å². The van der Waals surface area contributed by atoms with Crippen molar-refractivity contribution in [3.8, 4) is 0 Å². The molecule has 1 aromatic heterocycles. The Balaban J connectivity index is 1.30. The number of nitrogens with one attached hydrogen (secondary N) is 3. The molecule has 164 valence electrons. The Hall–Kier alpha value is -3.59. The van der Waals surface area contributed by atoms with Crippen molar-refractivity contribution in [2.45, 2.75) is 24.0 Å². The lowest BCUT2D eigenvalue weighted by Gasteiger charge is -2.09. The fourth-order valence-electron chi connectivity index (χ4n) is 2.96. The number of carbonyl (C=O) groups excluding carboxylic acids is 3. The molecule has 0 radical (unpaired) electrons. The second-order valence-corrected chi connectivity index (χ2v) is 8.46. The smallest absolute Gasteiger partial charge is 0.255 e. The molecular weight excluding hydrogens is 426 g/mol. The molecule has 0 atom stereocenters. The molecule has 3 amide bonds. The van der Waals surface area contributed by atoms with Gasteiger partial charge in [0.1, 0.15) is 0 Å². The topological polar surface area (TPSA) is 105 Å². The summed E-state index contributed by atoms with van der Waals surface area (Å²) in [4.78, 5) is 41.1. The molecule has 1 saturated carbocycles. The second-order valence-electron chi connectivity index (χ2n) is 7.52. The van der Waals surface area contributed by atoms with E-state index in [0.717, 1.165) is 18.0 Å². The van der Waals surface area contributed by atoms with Gasteiger partial charge in [-0.3, -0.25) is 14.4 Å². The molecule has 4 rings (SSSR count). The van der Waals surface area contributed by atoms with E-state index in [-0.39, 0.29) is 29.5 Å². The first kappa shape index (κ1) is 21.6. The molecule has 9 heteroatoms. The van der Waals surface area contributed by atoms with Crippen LogP contribution in [-0.4, -0.2) is 39.1 Å². The molecule has 1 fully saturated rings. The van der Waals surface area contributed by atoms with Crippen molar-refractivity contribution in [1.82, 2.24) is 14.9 Å². The van der Waals surface area contributed by atoms with E-state index in [9.17, 15) is 14.4 Å². The van der Waals surface area contributed by atoms with Crippen LogP contribution in [0.1, 0.15) is 33.6 Å². The first-order chi connectivity index (χ1) is 15.5. The Morgan fingerprint density at radius 1 is 1.00 bits per heavy atom. The third kappa shape index (κ3) is 5.76. The quantitative estimate of drug-likeness (QED) is 0.458. The Morgan fingerprint density at radius 3 is 2.47 bits per heavy atom. The predicted octanol–water partition coefficient (Wildman–Crippen LogP) is 3.30. The normalized spacial score (nSPS) is 12.8. The lowest BCUT2D eigenvalue weighted by Crippen LogP contribution is -2.25. The van der Waals surface area contributed by atoms with Crippen LogP contribution in [-0.2, 0) is 11.8 Å². The Kier molecular flexibility index (Phi) is 6.55. The van der Waals surface area contributed by atoms with Crippen LogP contribution in [0.3, 0.4) is 0 Å². The van der Waals surface area contributed by atoms with E-state index in [1.807, 2.05) is 17.8 Å². The summed E-state index contributed by atoms with van der Waals surface area (Å²) in [7, 11) is 1.87. The summed E-state index contributed by atoms with van der Waals surface area (Å²) in [5.41, 5.74) is 2.10. The monoisotopic (exact) mass is 449 g/mol. The average molecular weight is 450 g/mol. The third-order valence-corrected chi connectivity index (χ3v) is 5.89. The number of aromatic nitrogens is 2. The molecule has 0 unspecified atom stereocenters. The molecule has 32 heavy (non-hydrogen) atoms. The number of anilines is 2. The van der Waals surface area contributed by atoms with Gasteiger partial charge < -0.3 is 20.5 Å². The zero-order valence-electron chi connectivity index (χ0n) is 17.5. The minimum Gasteiger partial charge on any atom is -0.349 e. The van der Waals surface area contributed by atoms with Gasteiger partial charge in [0.05, 0.1) is 5.75 Å². The minimum atomic E-state index is -0.298. The highest BCUT2D eigenvalue weighted by molar-refractivity contribution is 7.99. The van der Waals surface area contributed by atoms with Gasteiger partial charge >= 0.3 is 0 Å². The molecule has 1 aliphatic rings. The van der Waals surface area contributed by atoms with E-state index in [1.54, 1.807) is 54.7 Å². The van der Waals surface area contributed by atoms with Crippen LogP contribution in [0.25, 0.3) is 0 Å². The van der Waals surface area contributed by atoms with E-state index >= 15 is 0 Å². The molecular formula is C23H23N5O3S. The number of amides is 3. The number of nitrogens with zero attached hydrogens (tertiary/aromatic N) is 2. The van der Waals surface area contributed by atoms with Crippen molar-refractivity contribution in [3.63, 3.8) is 0 Å². The molecule has 3 aromatic rings. The van der Waals surface area contributed by atoms with Crippen LogP contribution in [0.4, 0.5) is 11.4 Å². The second kappa shape index (κ2) is 9.69. The number of hydrogen-bond donors (Lipinski definition) is 3. The summed E-state index contributed by atoms with van der Waals surface area (Å²) in [5, 5.41) is 9.31. The highest BCUT2D eigenvalue weighted by Crippen LogP contribution is 2.20. The minimum absolute atomic E-state index is 0.134. The molecule has 1 aliphatic carbocycles. The number of benzene rings is 2. The van der Waals surface area contributed by atoms with Crippen molar-refractivity contribution in [2.24, 2.45) is 7.05 Å². The highest BCUT2D eigenvalue weighted by Gasteiger charge is 2.23. The molecule has 0 saturated heterocycles. The Morgan fingerprint density at radius 2 is 1.78 bits per heavy atom. The van der Waals surface area contributed by atoms with Crippen molar-refractivity contribution < 1.29 is 14.4 Å². The standard InChI is InChI=1S/C23H23N5O3S/c1-28-12-11-24-23(28)32-14-20(29)25-17-7-5-15(6-8-17)21(30)27-19-4-2-3-16(13-19)22(31)26-18-9-10-18/h2-8,11-13,18H,9-10,14H2,1H3,(H,25,29)(H,26,31)(H,27,30). The summed E-state index contributed by atoms with van der Waals surface area (Å²) < 4.78 is 1.85. The fraction of sp³-hybridized carbons (Fsp3) is 0.217. The van der Waals surface area contributed by atoms with E-state index in [4.69, 9.17) is 0 Å². The molecule has 0 spiro atoms. The number of hydrogen-bond acceptors (Lipinski definition) is 5. The van der Waals surface area contributed by atoms with E-state index < -0.39 is 0 Å². The van der Waals surface area contributed by atoms with E-state index in [2.05, 4.69) is 20.9 Å². The van der Waals surface area contributed by atoms with Crippen molar-refractivity contribution in [2.75, 3.05) is 16.4 Å². The lowest BCUT2D eigenvalue weighted by atomic mass is 10.1. The largest absolute Gasteiger partial charge is 0.349 e. The molecule has 8 nitrogen and oxygen atoms in total. The van der Waals surface area contributed by atoms with Crippen LogP contribution in [0.5, 0.6) is 0 Å². The summed E-state index contributed by atoms with van der Waals surface area (Å²) in [6.07, 6.45) is 5.54. The molecule has 1 heterocycles. The first-order valence-electron chi connectivity index (χ1n) is 10.2. The van der Waals surface area contributed by atoms with Crippen molar-refractivity contribution in [1.29, 1.82) is 0 Å². The Bertz CT molecular complexity index is 1140. The lowest BCUT2D eigenvalue weighted by molar-refractivity contribution is -0.113. The third-order valence-electron chi connectivity index (χ3n) is 4.84. The molecule has 3 N–H and O–H groups in total. The fourth-order valence-corrected chi connectivity index (χ4v) is 3.69.